The molecule has 0 radical (unpaired) electrons. The molecule has 0 aliphatic rings. The van der Waals surface area contributed by atoms with Crippen LogP contribution in [-0.4, -0.2) is 0 Å². The predicted octanol–water partition coefficient (Wildman–Crippen LogP) is 4.11. The molecule has 0 aliphatic heterocycles. The van der Waals surface area contributed by atoms with Crippen molar-refractivity contribution in [1.29, 1.82) is 0 Å². The minimum absolute atomic E-state index is 0.237. The van der Waals surface area contributed by atoms with Crippen LogP contribution >= 0.6 is 0 Å². The Morgan fingerprint density at radius 2 is 1.67 bits per heavy atom. The smallest absolute Gasteiger partial charge is 0.0135 e. The van der Waals surface area contributed by atoms with Crippen LogP contribution in [0.2, 0.25) is 0 Å². The van der Waals surface area contributed by atoms with Gasteiger partial charge in [-0.1, -0.05) is 51.2 Å². The molecule has 0 aromatic heterocycles. The van der Waals surface area contributed by atoms with Crippen molar-refractivity contribution in [1.82, 2.24) is 0 Å². The quantitative estimate of drug-likeness (QED) is 0.539. The van der Waals surface area contributed by atoms with Gasteiger partial charge in [0, 0.05) is 0 Å². The van der Waals surface area contributed by atoms with E-state index < -0.39 is 0 Å². The first-order valence-electron chi connectivity index (χ1n) is 4.38. The van der Waals surface area contributed by atoms with E-state index in [2.05, 4.69) is 52.5 Å². The molecule has 68 valence electrons. The van der Waals surface area contributed by atoms with Gasteiger partial charge < -0.3 is 0 Å². The van der Waals surface area contributed by atoms with Crippen molar-refractivity contribution < 1.29 is 0 Å². The lowest BCUT2D eigenvalue weighted by Crippen LogP contribution is -2.06. The first-order valence-corrected chi connectivity index (χ1v) is 4.38. The molecule has 12 heavy (non-hydrogen) atoms. The van der Waals surface area contributed by atoms with Gasteiger partial charge in [-0.2, -0.15) is 0 Å². The summed E-state index contributed by atoms with van der Waals surface area (Å²) in [4.78, 5) is 0. The molecule has 0 heteroatoms. The molecule has 0 nitrogen and oxygen atoms in total. The van der Waals surface area contributed by atoms with E-state index in [0.29, 0.717) is 0 Å². The van der Waals surface area contributed by atoms with Crippen molar-refractivity contribution in [3.05, 3.63) is 36.0 Å². The largest absolute Gasteiger partial charge is 0.0961 e. The van der Waals surface area contributed by atoms with Gasteiger partial charge >= 0.3 is 0 Å². The van der Waals surface area contributed by atoms with E-state index in [4.69, 9.17) is 0 Å². The molecule has 0 aromatic rings. The highest BCUT2D eigenvalue weighted by atomic mass is 14.2. The Bertz CT molecular complexity index is 209. The van der Waals surface area contributed by atoms with E-state index in [-0.39, 0.29) is 5.41 Å². The van der Waals surface area contributed by atoms with Gasteiger partial charge in [-0.3, -0.25) is 0 Å². The van der Waals surface area contributed by atoms with Crippen molar-refractivity contribution in [2.24, 2.45) is 5.41 Å². The Morgan fingerprint density at radius 1 is 1.17 bits per heavy atom. The van der Waals surface area contributed by atoms with Gasteiger partial charge in [-0.15, -0.1) is 0 Å². The monoisotopic (exact) mass is 164 g/mol. The molecule has 0 atom stereocenters. The molecule has 0 heterocycles. The van der Waals surface area contributed by atoms with Gasteiger partial charge in [0.1, 0.15) is 0 Å². The molecule has 0 fully saturated rings. The molecule has 0 saturated heterocycles. The Kier molecular flexibility index (Phi) is 4.02. The van der Waals surface area contributed by atoms with Gasteiger partial charge in [0.15, 0.2) is 0 Å². The normalized spacial score (nSPS) is 13.9. The molecule has 0 bridgehead atoms. The summed E-state index contributed by atoms with van der Waals surface area (Å²) in [6.45, 7) is 14.5. The Balaban J connectivity index is 4.53. The Morgan fingerprint density at radius 3 is 1.92 bits per heavy atom. The Labute approximate surface area is 76.7 Å². The zero-order valence-electron chi connectivity index (χ0n) is 8.94. The summed E-state index contributed by atoms with van der Waals surface area (Å²) in [5.74, 6) is 0. The van der Waals surface area contributed by atoms with Crippen molar-refractivity contribution >= 4 is 0 Å². The third-order valence-electron chi connectivity index (χ3n) is 1.72. The molecular formula is C12H20. The summed E-state index contributed by atoms with van der Waals surface area (Å²) < 4.78 is 0. The lowest BCUT2D eigenvalue weighted by Gasteiger charge is -2.19. The van der Waals surface area contributed by atoms with Crippen molar-refractivity contribution in [3.63, 3.8) is 0 Å². The lowest BCUT2D eigenvalue weighted by atomic mass is 9.86. The van der Waals surface area contributed by atoms with Crippen molar-refractivity contribution in [3.8, 4) is 0 Å². The average Bonchev–Trinajstić information content (AvgIpc) is 1.85. The molecule has 0 aromatic carbocycles. The predicted molar refractivity (Wildman–Crippen MR) is 57.2 cm³/mol. The van der Waals surface area contributed by atoms with E-state index in [1.54, 1.807) is 0 Å². The zero-order valence-corrected chi connectivity index (χ0v) is 8.94. The fourth-order valence-electron chi connectivity index (χ4n) is 1.01. The summed E-state index contributed by atoms with van der Waals surface area (Å²) in [6.07, 6.45) is 6.35. The molecule has 0 unspecified atom stereocenters. The minimum Gasteiger partial charge on any atom is -0.0961 e. The number of hydrogen-bond acceptors (Lipinski definition) is 0. The van der Waals surface area contributed by atoms with Crippen LogP contribution in [0.3, 0.4) is 0 Å². The molecular weight excluding hydrogens is 144 g/mol. The topological polar surface area (TPSA) is 0 Å². The van der Waals surface area contributed by atoms with Crippen LogP contribution in [0.15, 0.2) is 36.0 Å². The second-order valence-electron chi connectivity index (χ2n) is 4.17. The summed E-state index contributed by atoms with van der Waals surface area (Å²) >= 11 is 0. The van der Waals surface area contributed by atoms with Crippen LogP contribution < -0.4 is 0 Å². The molecule has 0 N–H and O–H groups in total. The number of allylic oxidation sites excluding steroid dienone is 5. The maximum absolute atomic E-state index is 3.83. The second kappa shape index (κ2) is 4.30. The molecule has 0 amide bonds. The van der Waals surface area contributed by atoms with Crippen LogP contribution in [0.1, 0.15) is 34.6 Å². The third-order valence-corrected chi connectivity index (χ3v) is 1.72. The highest BCUT2D eigenvalue weighted by Crippen LogP contribution is 2.26. The molecule has 0 rings (SSSR count). The van der Waals surface area contributed by atoms with Gasteiger partial charge in [0.05, 0.1) is 0 Å². The van der Waals surface area contributed by atoms with Gasteiger partial charge in [-0.05, 0) is 24.8 Å². The third kappa shape index (κ3) is 4.17. The van der Waals surface area contributed by atoms with Gasteiger partial charge in [-0.25, -0.2) is 0 Å². The Hall–Kier alpha value is -0.780. The lowest BCUT2D eigenvalue weighted by molar-refractivity contribution is 0.516. The van der Waals surface area contributed by atoms with E-state index in [0.717, 1.165) is 5.57 Å². The van der Waals surface area contributed by atoms with Crippen LogP contribution in [-0.2, 0) is 0 Å². The summed E-state index contributed by atoms with van der Waals surface area (Å²) in [5.41, 5.74) is 2.69. The molecule has 0 aliphatic carbocycles. The van der Waals surface area contributed by atoms with E-state index in [1.165, 1.54) is 5.57 Å². The van der Waals surface area contributed by atoms with Crippen LogP contribution in [0.25, 0.3) is 0 Å². The highest BCUT2D eigenvalue weighted by molar-refractivity contribution is 5.28. The van der Waals surface area contributed by atoms with Crippen LogP contribution in [0.4, 0.5) is 0 Å². The second-order valence-corrected chi connectivity index (χ2v) is 4.17. The highest BCUT2D eigenvalue weighted by Gasteiger charge is 2.12. The van der Waals surface area contributed by atoms with E-state index in [9.17, 15) is 0 Å². The van der Waals surface area contributed by atoms with Crippen molar-refractivity contribution in [2.45, 2.75) is 34.6 Å². The van der Waals surface area contributed by atoms with Gasteiger partial charge in [0.25, 0.3) is 0 Å². The summed E-state index contributed by atoms with van der Waals surface area (Å²) in [6, 6.07) is 0. The average molecular weight is 164 g/mol. The first-order chi connectivity index (χ1) is 5.38. The van der Waals surface area contributed by atoms with Gasteiger partial charge in [0.2, 0.25) is 0 Å². The van der Waals surface area contributed by atoms with E-state index >= 15 is 0 Å². The van der Waals surface area contributed by atoms with E-state index in [1.807, 2.05) is 6.92 Å². The standard InChI is InChI=1S/C12H20/c1-7-11(12(4,5)6)9-8-10(2)3/h7-9H,2H2,1,3-6H3. The maximum atomic E-state index is 3.83. The maximum Gasteiger partial charge on any atom is -0.0135 e. The minimum atomic E-state index is 0.237. The van der Waals surface area contributed by atoms with Crippen molar-refractivity contribution in [2.75, 3.05) is 0 Å². The molecule has 0 saturated carbocycles. The zero-order chi connectivity index (χ0) is 9.78. The molecule has 0 spiro atoms. The first kappa shape index (κ1) is 11.2. The fraction of sp³-hybridized carbons (Fsp3) is 0.500. The van der Waals surface area contributed by atoms with Crippen LogP contribution in [0, 0.1) is 5.41 Å². The van der Waals surface area contributed by atoms with Crippen LogP contribution in [0.5, 0.6) is 0 Å². The SMILES string of the molecule is C=C(C)C=CC(=CC)C(C)(C)C. The number of rotatable bonds is 2. The summed E-state index contributed by atoms with van der Waals surface area (Å²) in [5, 5.41) is 0. The fourth-order valence-corrected chi connectivity index (χ4v) is 1.01. The summed E-state index contributed by atoms with van der Waals surface area (Å²) in [7, 11) is 0. The number of hydrogen-bond donors (Lipinski definition) is 0.